The van der Waals surface area contributed by atoms with Crippen LogP contribution in [0, 0.1) is 11.3 Å². The van der Waals surface area contributed by atoms with E-state index in [4.69, 9.17) is 0 Å². The minimum absolute atomic E-state index is 0.0712. The van der Waals surface area contributed by atoms with Crippen LogP contribution in [0.25, 0.3) is 0 Å². The van der Waals surface area contributed by atoms with Crippen molar-refractivity contribution in [1.82, 2.24) is 5.32 Å². The highest BCUT2D eigenvalue weighted by molar-refractivity contribution is 5.85. The first-order valence-electron chi connectivity index (χ1n) is 7.06. The van der Waals surface area contributed by atoms with Gasteiger partial charge in [0.1, 0.15) is 0 Å². The van der Waals surface area contributed by atoms with Crippen molar-refractivity contribution < 1.29 is 14.7 Å². The van der Waals surface area contributed by atoms with Crippen LogP contribution in [0.5, 0.6) is 0 Å². The Bertz CT molecular complexity index is 334. The first kappa shape index (κ1) is 13.4. The van der Waals surface area contributed by atoms with Crippen LogP contribution in [0.4, 0.5) is 0 Å². The van der Waals surface area contributed by atoms with Crippen LogP contribution in [0.2, 0.25) is 0 Å². The molecule has 1 amide bonds. The molecule has 4 nitrogen and oxygen atoms in total. The molecule has 0 radical (unpaired) electrons. The van der Waals surface area contributed by atoms with Gasteiger partial charge in [-0.15, -0.1) is 0 Å². The molecule has 4 heteroatoms. The van der Waals surface area contributed by atoms with Crippen LogP contribution >= 0.6 is 0 Å². The van der Waals surface area contributed by atoms with Crippen molar-refractivity contribution in [3.8, 4) is 0 Å². The maximum absolute atomic E-state index is 12.0. The summed E-state index contributed by atoms with van der Waals surface area (Å²) in [5.74, 6) is -0.342. The smallest absolute Gasteiger partial charge is 0.310 e. The fourth-order valence-corrected chi connectivity index (χ4v) is 3.44. The number of aliphatic carboxylic acids is 1. The molecule has 2 aliphatic carbocycles. The molecule has 0 bridgehead atoms. The van der Waals surface area contributed by atoms with Gasteiger partial charge in [0.2, 0.25) is 5.91 Å². The van der Waals surface area contributed by atoms with Crippen LogP contribution in [0.1, 0.15) is 58.3 Å². The molecule has 0 heterocycles. The molecule has 2 aliphatic rings. The van der Waals surface area contributed by atoms with Crippen molar-refractivity contribution >= 4 is 11.9 Å². The normalized spacial score (nSPS) is 30.3. The lowest BCUT2D eigenvalue weighted by Gasteiger charge is -2.25. The zero-order chi connectivity index (χ0) is 13.2. The molecule has 102 valence electrons. The van der Waals surface area contributed by atoms with Gasteiger partial charge in [-0.2, -0.15) is 0 Å². The average Bonchev–Trinajstić information content (AvgIpc) is 2.90. The fourth-order valence-electron chi connectivity index (χ4n) is 3.44. The number of carboxylic acid groups (broad SMARTS) is 1. The first-order chi connectivity index (χ1) is 8.53. The van der Waals surface area contributed by atoms with Crippen LogP contribution in [0.15, 0.2) is 0 Å². The molecule has 2 unspecified atom stereocenters. The highest BCUT2D eigenvalue weighted by Gasteiger charge is 2.43. The Labute approximate surface area is 108 Å². The van der Waals surface area contributed by atoms with Crippen molar-refractivity contribution in [2.75, 3.05) is 0 Å². The molecule has 18 heavy (non-hydrogen) atoms. The number of carboxylic acids is 1. The molecule has 0 aromatic carbocycles. The highest BCUT2D eigenvalue weighted by atomic mass is 16.4. The Morgan fingerprint density at radius 2 is 1.89 bits per heavy atom. The van der Waals surface area contributed by atoms with Crippen LogP contribution in [0.3, 0.4) is 0 Å². The molecule has 0 aliphatic heterocycles. The Morgan fingerprint density at radius 1 is 1.22 bits per heavy atom. The molecule has 2 atom stereocenters. The Kier molecular flexibility index (Phi) is 3.93. The molecular formula is C14H23NO3. The topological polar surface area (TPSA) is 66.4 Å². The molecule has 0 saturated heterocycles. The standard InChI is InChI=1S/C14H23NO3/c1-10-5-4-6-11(10)15-12(16)9-14(13(17)18)7-2-3-8-14/h10-11H,2-9H2,1H3,(H,15,16)(H,17,18). The van der Waals surface area contributed by atoms with E-state index in [0.717, 1.165) is 32.1 Å². The van der Waals surface area contributed by atoms with Gasteiger partial charge in [-0.25, -0.2) is 0 Å². The van der Waals surface area contributed by atoms with Gasteiger partial charge in [0, 0.05) is 12.5 Å². The van der Waals surface area contributed by atoms with Crippen LogP contribution < -0.4 is 5.32 Å². The van der Waals surface area contributed by atoms with Gasteiger partial charge in [0.15, 0.2) is 0 Å². The number of rotatable bonds is 4. The van der Waals surface area contributed by atoms with Gasteiger partial charge >= 0.3 is 5.97 Å². The quantitative estimate of drug-likeness (QED) is 0.808. The molecule has 2 rings (SSSR count). The summed E-state index contributed by atoms with van der Waals surface area (Å²) in [4.78, 5) is 23.4. The van der Waals surface area contributed by atoms with E-state index >= 15 is 0 Å². The predicted molar refractivity (Wildman–Crippen MR) is 68.1 cm³/mol. The maximum atomic E-state index is 12.0. The maximum Gasteiger partial charge on any atom is 0.310 e. The predicted octanol–water partition coefficient (Wildman–Crippen LogP) is 2.33. The molecule has 0 aromatic rings. The third-order valence-electron chi connectivity index (χ3n) is 4.72. The lowest BCUT2D eigenvalue weighted by molar-refractivity contribution is -0.151. The van der Waals surface area contributed by atoms with Crippen LogP contribution in [-0.4, -0.2) is 23.0 Å². The summed E-state index contributed by atoms with van der Waals surface area (Å²) in [5, 5.41) is 12.4. The second-order valence-electron chi connectivity index (χ2n) is 6.05. The summed E-state index contributed by atoms with van der Waals surface area (Å²) < 4.78 is 0. The second-order valence-corrected chi connectivity index (χ2v) is 6.05. The zero-order valence-corrected chi connectivity index (χ0v) is 11.1. The van der Waals surface area contributed by atoms with Gasteiger partial charge < -0.3 is 10.4 Å². The van der Waals surface area contributed by atoms with E-state index in [0.29, 0.717) is 18.8 Å². The van der Waals surface area contributed by atoms with E-state index in [1.807, 2.05) is 0 Å². The lowest BCUT2D eigenvalue weighted by Crippen LogP contribution is -2.41. The van der Waals surface area contributed by atoms with E-state index in [1.54, 1.807) is 0 Å². The largest absolute Gasteiger partial charge is 0.481 e. The van der Waals surface area contributed by atoms with Crippen molar-refractivity contribution in [3.63, 3.8) is 0 Å². The average molecular weight is 253 g/mol. The summed E-state index contributed by atoms with van der Waals surface area (Å²) in [6, 6.07) is 0.254. The minimum atomic E-state index is -0.797. The summed E-state index contributed by atoms with van der Waals surface area (Å²) in [7, 11) is 0. The van der Waals surface area contributed by atoms with Gasteiger partial charge in [-0.3, -0.25) is 9.59 Å². The first-order valence-corrected chi connectivity index (χ1v) is 7.06. The Morgan fingerprint density at radius 3 is 2.39 bits per heavy atom. The summed E-state index contributed by atoms with van der Waals surface area (Å²) in [6.45, 7) is 2.15. The number of hydrogen-bond acceptors (Lipinski definition) is 2. The van der Waals surface area contributed by atoms with Crippen molar-refractivity contribution in [2.45, 2.75) is 64.3 Å². The Hall–Kier alpha value is -1.06. The van der Waals surface area contributed by atoms with Gasteiger partial charge in [0.05, 0.1) is 5.41 Å². The number of hydrogen-bond donors (Lipinski definition) is 2. The van der Waals surface area contributed by atoms with Crippen molar-refractivity contribution in [2.24, 2.45) is 11.3 Å². The molecular weight excluding hydrogens is 230 g/mol. The number of nitrogens with one attached hydrogen (secondary N) is 1. The molecule has 0 aromatic heterocycles. The SMILES string of the molecule is CC1CCCC1NC(=O)CC1(C(=O)O)CCCC1. The van der Waals surface area contributed by atoms with Gasteiger partial charge in [0.25, 0.3) is 0 Å². The van der Waals surface area contributed by atoms with E-state index in [1.165, 1.54) is 0 Å². The van der Waals surface area contributed by atoms with Gasteiger partial charge in [-0.05, 0) is 31.6 Å². The number of carbonyl (C=O) groups excluding carboxylic acids is 1. The molecule has 2 saturated carbocycles. The third-order valence-corrected chi connectivity index (χ3v) is 4.72. The van der Waals surface area contributed by atoms with Crippen molar-refractivity contribution in [1.29, 1.82) is 0 Å². The molecule has 0 spiro atoms. The highest BCUT2D eigenvalue weighted by Crippen LogP contribution is 2.41. The number of carbonyl (C=O) groups is 2. The number of amides is 1. The van der Waals surface area contributed by atoms with E-state index in [9.17, 15) is 14.7 Å². The molecule has 2 N–H and O–H groups in total. The third kappa shape index (κ3) is 2.68. The Balaban J connectivity index is 1.91. The summed E-state index contributed by atoms with van der Waals surface area (Å²) in [5.41, 5.74) is -0.786. The van der Waals surface area contributed by atoms with E-state index < -0.39 is 11.4 Å². The van der Waals surface area contributed by atoms with E-state index in [-0.39, 0.29) is 18.4 Å². The molecule has 2 fully saturated rings. The lowest BCUT2D eigenvalue weighted by atomic mass is 9.82. The zero-order valence-electron chi connectivity index (χ0n) is 11.1. The summed E-state index contributed by atoms with van der Waals surface area (Å²) >= 11 is 0. The van der Waals surface area contributed by atoms with Crippen molar-refractivity contribution in [3.05, 3.63) is 0 Å². The van der Waals surface area contributed by atoms with E-state index in [2.05, 4.69) is 12.2 Å². The monoisotopic (exact) mass is 253 g/mol. The fraction of sp³-hybridized carbons (Fsp3) is 0.857. The second kappa shape index (κ2) is 5.29. The van der Waals surface area contributed by atoms with Gasteiger partial charge in [-0.1, -0.05) is 26.2 Å². The van der Waals surface area contributed by atoms with Crippen LogP contribution in [-0.2, 0) is 9.59 Å². The summed E-state index contributed by atoms with van der Waals surface area (Å²) in [6.07, 6.45) is 6.68. The minimum Gasteiger partial charge on any atom is -0.481 e.